The Balaban J connectivity index is 2.23. The molecule has 0 aromatic heterocycles. The lowest BCUT2D eigenvalue weighted by Gasteiger charge is -2.25. The Hall–Kier alpha value is -1.51. The molecular weight excluding hydrogens is 656 g/mol. The van der Waals surface area contributed by atoms with Crippen LogP contribution in [0.25, 0.3) is 0 Å². The zero-order valence-electron chi connectivity index (χ0n) is 17.1. The number of halogens is 3. The fourth-order valence-electron chi connectivity index (χ4n) is 3.74. The molecule has 0 amide bonds. The van der Waals surface area contributed by atoms with Crippen LogP contribution in [0, 0.1) is 0 Å². The molecule has 2 aromatic rings. The highest BCUT2D eigenvalue weighted by Crippen LogP contribution is 2.50. The molecule has 0 heterocycles. The number of phenols is 2. The minimum atomic E-state index is -4.74. The third-order valence-electron chi connectivity index (χ3n) is 5.06. The predicted octanol–water partition coefficient (Wildman–Crippen LogP) is 4.70. The number of phenolic OH excluding ortho intramolecular Hbond substituents is 2. The average molecular weight is 673 g/mol. The number of fused-ring (bicyclic) bond motifs is 2. The van der Waals surface area contributed by atoms with Gasteiger partial charge in [0, 0.05) is 10.9 Å². The lowest BCUT2D eigenvalue weighted by molar-refractivity contribution is 0.0972. The Kier molecular flexibility index (Phi) is 7.61. The van der Waals surface area contributed by atoms with E-state index in [0.29, 0.717) is 6.42 Å². The molecule has 9 nitrogen and oxygen atoms in total. The Morgan fingerprint density at radius 3 is 2.09 bits per heavy atom. The summed E-state index contributed by atoms with van der Waals surface area (Å²) >= 11 is 9.60. The van der Waals surface area contributed by atoms with Gasteiger partial charge in [-0.15, -0.1) is 0 Å². The number of ether oxygens (including phenoxy) is 1. The maximum absolute atomic E-state index is 13.5. The van der Waals surface area contributed by atoms with E-state index in [-0.39, 0.29) is 65.6 Å². The first-order chi connectivity index (χ1) is 15.3. The highest BCUT2D eigenvalue weighted by atomic mass is 79.9. The van der Waals surface area contributed by atoms with Crippen LogP contribution < -0.4 is 4.74 Å². The van der Waals surface area contributed by atoms with Gasteiger partial charge in [-0.3, -0.25) is 14.1 Å². The Morgan fingerprint density at radius 1 is 0.970 bits per heavy atom. The van der Waals surface area contributed by atoms with E-state index in [9.17, 15) is 28.2 Å². The van der Waals surface area contributed by atoms with Crippen LogP contribution in [0.1, 0.15) is 57.2 Å². The number of carbonyl (C=O) groups excluding carboxylic acids is 2. The summed E-state index contributed by atoms with van der Waals surface area (Å²) in [5.41, 5.74) is -0.438. The third-order valence-corrected chi connectivity index (χ3v) is 7.99. The number of hydrogen-bond acceptors (Lipinski definition) is 8. The standard InChI is InChI=1S/C20H17Br3O9S/c1-3-4-8(32-33(28,29)30)5-7-6-9(24)10-11(14(7)21)18(26)12-13(17(10)25)20(31-2)16(23)19(27)15(12)22/h6,8,24,27H,3-5H2,1-2H3,(H,28,29,30). The van der Waals surface area contributed by atoms with Crippen LogP contribution >= 0.6 is 47.8 Å². The van der Waals surface area contributed by atoms with E-state index < -0.39 is 33.8 Å². The quantitative estimate of drug-likeness (QED) is 0.304. The summed E-state index contributed by atoms with van der Waals surface area (Å²) in [6, 6.07) is 1.23. The molecule has 0 saturated carbocycles. The molecule has 0 bridgehead atoms. The molecule has 0 saturated heterocycles. The van der Waals surface area contributed by atoms with E-state index in [1.54, 1.807) is 6.92 Å². The smallest absolute Gasteiger partial charge is 0.397 e. The lowest BCUT2D eigenvalue weighted by Crippen LogP contribution is -2.25. The zero-order valence-corrected chi connectivity index (χ0v) is 22.7. The van der Waals surface area contributed by atoms with Crippen molar-refractivity contribution in [1.29, 1.82) is 0 Å². The summed E-state index contributed by atoms with van der Waals surface area (Å²) in [6.07, 6.45) is -0.295. The number of rotatable bonds is 7. The zero-order chi connectivity index (χ0) is 24.8. The second kappa shape index (κ2) is 9.62. The summed E-state index contributed by atoms with van der Waals surface area (Å²) in [6.45, 7) is 1.79. The van der Waals surface area contributed by atoms with Gasteiger partial charge in [-0.05, 0) is 65.8 Å². The summed E-state index contributed by atoms with van der Waals surface area (Å²) in [4.78, 5) is 26.9. The summed E-state index contributed by atoms with van der Waals surface area (Å²) in [5.74, 6) is -2.31. The number of benzene rings is 2. The maximum atomic E-state index is 13.5. The fraction of sp³-hybridized carbons (Fsp3) is 0.300. The Labute approximate surface area is 214 Å². The molecule has 0 fully saturated rings. The number of ketones is 2. The van der Waals surface area contributed by atoms with Crippen molar-refractivity contribution in [3.63, 3.8) is 0 Å². The topological polar surface area (TPSA) is 147 Å². The number of aromatic hydroxyl groups is 2. The van der Waals surface area contributed by atoms with Crippen molar-refractivity contribution in [3.05, 3.63) is 47.3 Å². The molecule has 3 rings (SSSR count). The third kappa shape index (κ3) is 4.71. The van der Waals surface area contributed by atoms with Crippen LogP contribution in [0.5, 0.6) is 17.2 Å². The van der Waals surface area contributed by atoms with Crippen LogP contribution in [0.4, 0.5) is 0 Å². The minimum absolute atomic E-state index is 0.0375. The molecule has 33 heavy (non-hydrogen) atoms. The van der Waals surface area contributed by atoms with Gasteiger partial charge in [-0.1, -0.05) is 13.3 Å². The van der Waals surface area contributed by atoms with Gasteiger partial charge in [0.1, 0.15) is 21.7 Å². The maximum Gasteiger partial charge on any atom is 0.397 e. The van der Waals surface area contributed by atoms with Crippen molar-refractivity contribution in [3.8, 4) is 17.2 Å². The largest absolute Gasteiger partial charge is 0.507 e. The first-order valence-corrected chi connectivity index (χ1v) is 13.2. The van der Waals surface area contributed by atoms with Gasteiger partial charge in [0.25, 0.3) is 0 Å². The van der Waals surface area contributed by atoms with E-state index in [4.69, 9.17) is 13.5 Å². The van der Waals surface area contributed by atoms with Crippen LogP contribution in [0.3, 0.4) is 0 Å². The normalized spacial score (nSPS) is 14.1. The van der Waals surface area contributed by atoms with E-state index in [2.05, 4.69) is 47.8 Å². The lowest BCUT2D eigenvalue weighted by atomic mass is 9.81. The predicted molar refractivity (Wildman–Crippen MR) is 128 cm³/mol. The van der Waals surface area contributed by atoms with Crippen LogP contribution in [0.2, 0.25) is 0 Å². The second-order valence-electron chi connectivity index (χ2n) is 7.18. The van der Waals surface area contributed by atoms with Gasteiger partial charge in [0.2, 0.25) is 5.78 Å². The molecule has 0 spiro atoms. The molecule has 0 radical (unpaired) electrons. The second-order valence-corrected chi connectivity index (χ2v) is 10.6. The van der Waals surface area contributed by atoms with Crippen molar-refractivity contribution in [2.75, 3.05) is 7.11 Å². The molecule has 1 unspecified atom stereocenters. The highest BCUT2D eigenvalue weighted by molar-refractivity contribution is 9.11. The average Bonchev–Trinajstić information content (AvgIpc) is 2.71. The monoisotopic (exact) mass is 670 g/mol. The van der Waals surface area contributed by atoms with E-state index in [0.717, 1.165) is 0 Å². The van der Waals surface area contributed by atoms with Crippen molar-refractivity contribution < 1.29 is 41.7 Å². The molecule has 13 heteroatoms. The molecule has 0 aliphatic heterocycles. The van der Waals surface area contributed by atoms with Gasteiger partial charge < -0.3 is 14.9 Å². The molecule has 1 atom stereocenters. The number of carbonyl (C=O) groups is 2. The molecular formula is C20H17Br3O9S. The van der Waals surface area contributed by atoms with Crippen LogP contribution in [0.15, 0.2) is 19.5 Å². The SMILES string of the molecule is CCCC(Cc1cc(O)c2c(c1Br)C(=O)c1c(Br)c(O)c(Br)c(OC)c1C2=O)OS(=O)(=O)O. The van der Waals surface area contributed by atoms with Crippen LogP contribution in [-0.4, -0.2) is 48.0 Å². The molecule has 2 aromatic carbocycles. The van der Waals surface area contributed by atoms with Crippen molar-refractivity contribution in [1.82, 2.24) is 0 Å². The molecule has 1 aliphatic rings. The van der Waals surface area contributed by atoms with E-state index >= 15 is 0 Å². The van der Waals surface area contributed by atoms with Gasteiger partial charge in [0.15, 0.2) is 5.78 Å². The first-order valence-electron chi connectivity index (χ1n) is 9.41. The van der Waals surface area contributed by atoms with Gasteiger partial charge in [-0.25, -0.2) is 4.18 Å². The molecule has 3 N–H and O–H groups in total. The molecule has 1 aliphatic carbocycles. The summed E-state index contributed by atoms with van der Waals surface area (Å²) < 4.78 is 41.6. The van der Waals surface area contributed by atoms with Gasteiger partial charge >= 0.3 is 10.4 Å². The summed E-state index contributed by atoms with van der Waals surface area (Å²) in [5, 5.41) is 21.1. The first kappa shape index (κ1) is 26.1. The number of methoxy groups -OCH3 is 1. The van der Waals surface area contributed by atoms with Crippen molar-refractivity contribution in [2.24, 2.45) is 0 Å². The Bertz CT molecular complexity index is 1290. The van der Waals surface area contributed by atoms with Crippen molar-refractivity contribution >= 4 is 69.8 Å². The van der Waals surface area contributed by atoms with Crippen LogP contribution in [-0.2, 0) is 21.0 Å². The van der Waals surface area contributed by atoms with E-state index in [1.807, 2.05) is 0 Å². The van der Waals surface area contributed by atoms with Gasteiger partial charge in [-0.2, -0.15) is 8.42 Å². The van der Waals surface area contributed by atoms with Crippen molar-refractivity contribution in [2.45, 2.75) is 32.3 Å². The fourth-order valence-corrected chi connectivity index (χ4v) is 6.30. The number of hydrogen-bond donors (Lipinski definition) is 3. The minimum Gasteiger partial charge on any atom is -0.507 e. The summed E-state index contributed by atoms with van der Waals surface area (Å²) in [7, 11) is -3.47. The Morgan fingerprint density at radius 2 is 1.55 bits per heavy atom. The van der Waals surface area contributed by atoms with Gasteiger partial charge in [0.05, 0.1) is 39.9 Å². The van der Waals surface area contributed by atoms with E-state index in [1.165, 1.54) is 13.2 Å². The molecule has 178 valence electrons. The highest BCUT2D eigenvalue weighted by Gasteiger charge is 2.41.